The molecule has 0 bridgehead atoms. The molecule has 0 aliphatic carbocycles. The molecule has 0 spiro atoms. The molecule has 1 unspecified atom stereocenters. The van der Waals surface area contributed by atoms with Gasteiger partial charge in [0, 0.05) is 31.1 Å². The molecule has 0 fully saturated rings. The van der Waals surface area contributed by atoms with Crippen LogP contribution in [-0.2, 0) is 13.5 Å². The van der Waals surface area contributed by atoms with Crippen LogP contribution in [0.3, 0.4) is 0 Å². The molecule has 0 aliphatic heterocycles. The van der Waals surface area contributed by atoms with Gasteiger partial charge in [-0.25, -0.2) is 4.98 Å². The smallest absolute Gasteiger partial charge is 0.151 e. The minimum absolute atomic E-state index is 0.271. The Balaban J connectivity index is 1.83. The van der Waals surface area contributed by atoms with E-state index >= 15 is 0 Å². The quantitative estimate of drug-likeness (QED) is 0.902. The second-order valence-electron chi connectivity index (χ2n) is 4.32. The average Bonchev–Trinajstić information content (AvgIpc) is 2.75. The van der Waals surface area contributed by atoms with Gasteiger partial charge in [0.15, 0.2) is 5.82 Å². The molecule has 96 valence electrons. The summed E-state index contributed by atoms with van der Waals surface area (Å²) in [4.78, 5) is 4.19. The maximum atomic E-state index is 5.97. The van der Waals surface area contributed by atoms with Crippen LogP contribution in [0.25, 0.3) is 0 Å². The number of aromatic nitrogens is 3. The Morgan fingerprint density at radius 1 is 1.44 bits per heavy atom. The summed E-state index contributed by atoms with van der Waals surface area (Å²) in [5.74, 6) is 0.864. The van der Waals surface area contributed by atoms with Gasteiger partial charge in [0.2, 0.25) is 0 Å². The zero-order valence-electron chi connectivity index (χ0n) is 10.6. The molecule has 5 heteroatoms. The summed E-state index contributed by atoms with van der Waals surface area (Å²) < 4.78 is 1.72. The first-order chi connectivity index (χ1) is 8.65. The number of aryl methyl sites for hydroxylation is 1. The lowest BCUT2D eigenvalue weighted by atomic mass is 10.1. The number of nitrogens with zero attached hydrogens (tertiary/aromatic N) is 3. The standard InChI is InChI=1S/C13H17ClN4/c1-10(11-4-3-5-12(14)8-11)15-7-6-13-16-9-18(2)17-13/h3-5,8-10,15H,6-7H2,1-2H3. The van der Waals surface area contributed by atoms with E-state index < -0.39 is 0 Å². The van der Waals surface area contributed by atoms with Crippen molar-refractivity contribution >= 4 is 11.6 Å². The van der Waals surface area contributed by atoms with Gasteiger partial charge in [0.25, 0.3) is 0 Å². The van der Waals surface area contributed by atoms with Gasteiger partial charge in [0.1, 0.15) is 6.33 Å². The van der Waals surface area contributed by atoms with E-state index in [0.717, 1.165) is 23.8 Å². The number of hydrogen-bond acceptors (Lipinski definition) is 3. The zero-order valence-corrected chi connectivity index (χ0v) is 11.4. The number of halogens is 1. The molecule has 1 atom stereocenters. The first-order valence-corrected chi connectivity index (χ1v) is 6.36. The van der Waals surface area contributed by atoms with Gasteiger partial charge < -0.3 is 5.32 Å². The third-order valence-electron chi connectivity index (χ3n) is 2.79. The van der Waals surface area contributed by atoms with Crippen molar-refractivity contribution in [1.29, 1.82) is 0 Å². The van der Waals surface area contributed by atoms with Crippen molar-refractivity contribution in [2.24, 2.45) is 7.05 Å². The van der Waals surface area contributed by atoms with Crippen LogP contribution in [-0.4, -0.2) is 21.3 Å². The average molecular weight is 265 g/mol. The van der Waals surface area contributed by atoms with Crippen molar-refractivity contribution in [3.63, 3.8) is 0 Å². The van der Waals surface area contributed by atoms with Crippen LogP contribution in [0, 0.1) is 0 Å². The van der Waals surface area contributed by atoms with Gasteiger partial charge in [-0.1, -0.05) is 23.7 Å². The van der Waals surface area contributed by atoms with E-state index in [1.807, 2.05) is 25.2 Å². The summed E-state index contributed by atoms with van der Waals surface area (Å²) in [6.07, 6.45) is 2.54. The summed E-state index contributed by atoms with van der Waals surface area (Å²) >= 11 is 5.97. The first-order valence-electron chi connectivity index (χ1n) is 5.98. The van der Waals surface area contributed by atoms with Crippen molar-refractivity contribution in [2.45, 2.75) is 19.4 Å². The Kier molecular flexibility index (Phi) is 4.33. The number of benzene rings is 1. The molecule has 0 radical (unpaired) electrons. The van der Waals surface area contributed by atoms with Crippen molar-refractivity contribution in [3.8, 4) is 0 Å². The van der Waals surface area contributed by atoms with Gasteiger partial charge in [-0.2, -0.15) is 5.10 Å². The van der Waals surface area contributed by atoms with Crippen LogP contribution in [0.1, 0.15) is 24.4 Å². The highest BCUT2D eigenvalue weighted by Gasteiger charge is 2.05. The fraction of sp³-hybridized carbons (Fsp3) is 0.385. The molecule has 0 aliphatic rings. The molecule has 1 aromatic heterocycles. The molecular formula is C13H17ClN4. The Labute approximate surface area is 112 Å². The second kappa shape index (κ2) is 5.98. The van der Waals surface area contributed by atoms with Gasteiger partial charge in [-0.15, -0.1) is 0 Å². The highest BCUT2D eigenvalue weighted by atomic mass is 35.5. The monoisotopic (exact) mass is 264 g/mol. The molecule has 1 heterocycles. The predicted molar refractivity (Wildman–Crippen MR) is 72.6 cm³/mol. The van der Waals surface area contributed by atoms with Gasteiger partial charge in [-0.05, 0) is 24.6 Å². The van der Waals surface area contributed by atoms with Crippen molar-refractivity contribution in [3.05, 3.63) is 47.0 Å². The maximum Gasteiger partial charge on any atom is 0.151 e. The summed E-state index contributed by atoms with van der Waals surface area (Å²) in [5, 5.41) is 8.45. The van der Waals surface area contributed by atoms with E-state index in [4.69, 9.17) is 11.6 Å². The van der Waals surface area contributed by atoms with E-state index in [-0.39, 0.29) is 6.04 Å². The fourth-order valence-electron chi connectivity index (χ4n) is 1.79. The Morgan fingerprint density at radius 2 is 2.28 bits per heavy atom. The van der Waals surface area contributed by atoms with Gasteiger partial charge >= 0.3 is 0 Å². The summed E-state index contributed by atoms with van der Waals surface area (Å²) in [6.45, 7) is 2.97. The third-order valence-corrected chi connectivity index (χ3v) is 3.03. The Bertz CT molecular complexity index is 509. The lowest BCUT2D eigenvalue weighted by Gasteiger charge is -2.13. The van der Waals surface area contributed by atoms with E-state index in [1.54, 1.807) is 11.0 Å². The van der Waals surface area contributed by atoms with Gasteiger partial charge in [-0.3, -0.25) is 4.68 Å². The van der Waals surface area contributed by atoms with Crippen LogP contribution in [0.15, 0.2) is 30.6 Å². The molecule has 18 heavy (non-hydrogen) atoms. The topological polar surface area (TPSA) is 42.7 Å². The molecule has 1 N–H and O–H groups in total. The van der Waals surface area contributed by atoms with Gasteiger partial charge in [0.05, 0.1) is 0 Å². The molecule has 2 rings (SSSR count). The molecule has 2 aromatic rings. The Hall–Kier alpha value is -1.39. The fourth-order valence-corrected chi connectivity index (χ4v) is 1.99. The first kappa shape index (κ1) is 13.1. The largest absolute Gasteiger partial charge is 0.310 e. The van der Waals surface area contributed by atoms with E-state index in [0.29, 0.717) is 0 Å². The van der Waals surface area contributed by atoms with Crippen molar-refractivity contribution in [1.82, 2.24) is 20.1 Å². The van der Waals surface area contributed by atoms with E-state index in [1.165, 1.54) is 5.56 Å². The van der Waals surface area contributed by atoms with Crippen molar-refractivity contribution < 1.29 is 0 Å². The summed E-state index contributed by atoms with van der Waals surface area (Å²) in [7, 11) is 1.87. The molecule has 0 amide bonds. The van der Waals surface area contributed by atoms with Crippen LogP contribution in [0.5, 0.6) is 0 Å². The lowest BCUT2D eigenvalue weighted by molar-refractivity contribution is 0.568. The molecule has 0 saturated carbocycles. The summed E-state index contributed by atoms with van der Waals surface area (Å²) in [5.41, 5.74) is 1.19. The highest BCUT2D eigenvalue weighted by molar-refractivity contribution is 6.30. The molecule has 1 aromatic carbocycles. The van der Waals surface area contributed by atoms with Crippen LogP contribution in [0.2, 0.25) is 5.02 Å². The predicted octanol–water partition coefficient (Wildman–Crippen LogP) is 2.36. The van der Waals surface area contributed by atoms with Crippen LogP contribution < -0.4 is 5.32 Å². The number of nitrogens with one attached hydrogen (secondary N) is 1. The normalized spacial score (nSPS) is 12.6. The number of hydrogen-bond donors (Lipinski definition) is 1. The minimum atomic E-state index is 0.271. The lowest BCUT2D eigenvalue weighted by Crippen LogP contribution is -2.21. The van der Waals surface area contributed by atoms with Crippen LogP contribution in [0.4, 0.5) is 0 Å². The van der Waals surface area contributed by atoms with Crippen LogP contribution >= 0.6 is 11.6 Å². The molecular weight excluding hydrogens is 248 g/mol. The highest BCUT2D eigenvalue weighted by Crippen LogP contribution is 2.17. The minimum Gasteiger partial charge on any atom is -0.310 e. The summed E-state index contributed by atoms with van der Waals surface area (Å²) in [6, 6.07) is 8.18. The van der Waals surface area contributed by atoms with Crippen molar-refractivity contribution in [2.75, 3.05) is 6.54 Å². The van der Waals surface area contributed by atoms with E-state index in [2.05, 4.69) is 28.4 Å². The maximum absolute atomic E-state index is 5.97. The van der Waals surface area contributed by atoms with E-state index in [9.17, 15) is 0 Å². The second-order valence-corrected chi connectivity index (χ2v) is 4.75. The third kappa shape index (κ3) is 3.55. The number of rotatable bonds is 5. The SMILES string of the molecule is CC(NCCc1ncn(C)n1)c1cccc(Cl)c1. The molecule has 4 nitrogen and oxygen atoms in total. The zero-order chi connectivity index (χ0) is 13.0. The molecule has 0 saturated heterocycles. The Morgan fingerprint density at radius 3 is 2.94 bits per heavy atom.